The van der Waals surface area contributed by atoms with Gasteiger partial charge in [-0.15, -0.1) is 22.7 Å². The topological polar surface area (TPSA) is 189 Å². The molecule has 2 radical (unpaired) electrons. The van der Waals surface area contributed by atoms with E-state index in [0.29, 0.717) is 75.7 Å². The molecule has 0 saturated carbocycles. The summed E-state index contributed by atoms with van der Waals surface area (Å²) in [4.78, 5) is 96.6. The van der Waals surface area contributed by atoms with Gasteiger partial charge in [0.25, 0.3) is 0 Å². The number of benzene rings is 4. The lowest BCUT2D eigenvalue weighted by molar-refractivity contribution is -0.141. The molecular weight excluding hydrogens is 867 g/mol. The Morgan fingerprint density at radius 3 is 1.22 bits per heavy atom. The quantitative estimate of drug-likeness (QED) is 0.0355. The van der Waals surface area contributed by atoms with Crippen LogP contribution in [0.25, 0.3) is 40.3 Å². The number of carbonyl (C=O) groups is 4. The van der Waals surface area contributed by atoms with Gasteiger partial charge in [0.05, 0.1) is 30.7 Å². The molecule has 0 saturated heterocycles. The standard InChI is InChI=1S/C48H45BN4O10S2/c1-24(2)18-37(50-60-25(3)54)29-10-14-39-33(19-29)46(58)35-21-31(12-16-41(35)64-39)44(52-62-27(5)56)43(49)45(53-63-28(6)57)32-13-17-42-36(22-32)47(59)34-20-30(11-15-40(34)65-42)38(23-48(7,8)9)51-61-26(4)55/h10-17,19-22,24,43H,18,23H2,1-9H3. The van der Waals surface area contributed by atoms with Crippen molar-refractivity contribution in [2.24, 2.45) is 32.0 Å². The van der Waals surface area contributed by atoms with E-state index < -0.39 is 29.7 Å². The van der Waals surface area contributed by atoms with Crippen molar-refractivity contribution < 1.29 is 38.5 Å². The number of rotatable bonds is 13. The van der Waals surface area contributed by atoms with E-state index in [-0.39, 0.29) is 44.7 Å². The molecule has 65 heavy (non-hydrogen) atoms. The molecule has 0 bridgehead atoms. The first-order valence-corrected chi connectivity index (χ1v) is 22.1. The maximum Gasteiger partial charge on any atom is 0.331 e. The molecule has 6 rings (SSSR count). The highest BCUT2D eigenvalue weighted by molar-refractivity contribution is 7.25. The number of carbonyl (C=O) groups excluding carboxylic acids is 4. The first kappa shape index (κ1) is 47.8. The summed E-state index contributed by atoms with van der Waals surface area (Å²) in [5, 5.41) is 17.8. The van der Waals surface area contributed by atoms with Crippen molar-refractivity contribution in [2.45, 2.75) is 81.0 Å². The van der Waals surface area contributed by atoms with E-state index in [0.717, 1.165) is 13.8 Å². The highest BCUT2D eigenvalue weighted by atomic mass is 32.1. The molecule has 0 spiro atoms. The third-order valence-electron chi connectivity index (χ3n) is 9.60. The molecule has 0 amide bonds. The smallest absolute Gasteiger partial charge is 0.318 e. The van der Waals surface area contributed by atoms with Crippen LogP contribution in [0.15, 0.2) is 103 Å². The monoisotopic (exact) mass is 912 g/mol. The third-order valence-corrected chi connectivity index (χ3v) is 11.9. The SMILES string of the molecule is [B]C(C(=NOC(C)=O)c1ccc2sc3ccc(C(CC(C)C)=NOC(C)=O)cc3c(=O)c2c1)C(=NOC(C)=O)c1ccc2sc3ccc(C(CC(C)(C)C)=NOC(C)=O)cc3c(=O)c2c1. The minimum atomic E-state index is -1.37. The van der Waals surface area contributed by atoms with Crippen molar-refractivity contribution in [3.8, 4) is 0 Å². The van der Waals surface area contributed by atoms with Gasteiger partial charge in [-0.1, -0.05) is 79.5 Å². The van der Waals surface area contributed by atoms with Gasteiger partial charge in [0.2, 0.25) is 0 Å². The van der Waals surface area contributed by atoms with Gasteiger partial charge in [-0.2, -0.15) is 0 Å². The third kappa shape index (κ3) is 11.7. The number of nitrogens with zero attached hydrogens (tertiary/aromatic N) is 4. The average molecular weight is 913 g/mol. The van der Waals surface area contributed by atoms with E-state index in [9.17, 15) is 28.8 Å². The number of oxime groups is 4. The van der Waals surface area contributed by atoms with Gasteiger partial charge in [0.1, 0.15) is 0 Å². The molecule has 0 fully saturated rings. The van der Waals surface area contributed by atoms with Gasteiger partial charge < -0.3 is 19.4 Å². The highest BCUT2D eigenvalue weighted by Gasteiger charge is 2.25. The van der Waals surface area contributed by atoms with E-state index in [2.05, 4.69) is 20.6 Å². The van der Waals surface area contributed by atoms with E-state index in [1.165, 1.54) is 36.5 Å². The van der Waals surface area contributed by atoms with Crippen molar-refractivity contribution in [1.29, 1.82) is 0 Å². The summed E-state index contributed by atoms with van der Waals surface area (Å²) in [6, 6.07) is 20.6. The largest absolute Gasteiger partial charge is 0.331 e. The van der Waals surface area contributed by atoms with Gasteiger partial charge in [-0.05, 0) is 72.7 Å². The summed E-state index contributed by atoms with van der Waals surface area (Å²) < 4.78 is 2.69. The molecule has 6 aromatic rings. The Labute approximate surface area is 383 Å². The van der Waals surface area contributed by atoms with Crippen LogP contribution in [-0.4, -0.2) is 54.6 Å². The molecule has 0 N–H and O–H groups in total. The van der Waals surface area contributed by atoms with E-state index >= 15 is 0 Å². The summed E-state index contributed by atoms with van der Waals surface area (Å²) in [5.41, 5.74) is 1.81. The van der Waals surface area contributed by atoms with Crippen LogP contribution in [0.5, 0.6) is 0 Å². The predicted octanol–water partition coefficient (Wildman–Crippen LogP) is 9.35. The molecule has 0 aliphatic rings. The Morgan fingerprint density at radius 1 is 0.538 bits per heavy atom. The van der Waals surface area contributed by atoms with Crippen molar-refractivity contribution >= 4 is 118 Å². The summed E-state index contributed by atoms with van der Waals surface area (Å²) in [6.45, 7) is 14.9. The molecule has 0 aliphatic carbocycles. The number of fused-ring (bicyclic) bond motifs is 4. The molecule has 1 unspecified atom stereocenters. The van der Waals surface area contributed by atoms with Crippen LogP contribution < -0.4 is 10.9 Å². The molecule has 2 heterocycles. The number of hydrogen-bond donors (Lipinski definition) is 0. The van der Waals surface area contributed by atoms with Gasteiger partial charge in [0.15, 0.2) is 10.9 Å². The lowest BCUT2D eigenvalue weighted by atomic mass is 9.74. The fraction of sp³-hybridized carbons (Fsp3) is 0.292. The Kier molecular flexibility index (Phi) is 14.7. The van der Waals surface area contributed by atoms with Gasteiger partial charge in [-0.3, -0.25) is 9.59 Å². The minimum Gasteiger partial charge on any atom is -0.318 e. The van der Waals surface area contributed by atoms with Crippen LogP contribution in [-0.2, 0) is 38.5 Å². The highest BCUT2D eigenvalue weighted by Crippen LogP contribution is 2.32. The van der Waals surface area contributed by atoms with E-state index in [4.69, 9.17) is 27.2 Å². The zero-order chi connectivity index (χ0) is 47.3. The van der Waals surface area contributed by atoms with Crippen molar-refractivity contribution in [2.75, 3.05) is 0 Å². The van der Waals surface area contributed by atoms with E-state index in [1.807, 2.05) is 58.9 Å². The molecule has 14 nitrogen and oxygen atoms in total. The molecular formula is C48H45BN4O10S2. The van der Waals surface area contributed by atoms with Gasteiger partial charge >= 0.3 is 23.9 Å². The van der Waals surface area contributed by atoms with Crippen LogP contribution in [0.4, 0.5) is 0 Å². The van der Waals surface area contributed by atoms with Crippen LogP contribution >= 0.6 is 22.7 Å². The van der Waals surface area contributed by atoms with Crippen LogP contribution in [0.3, 0.4) is 0 Å². The van der Waals surface area contributed by atoms with Crippen LogP contribution in [0, 0.1) is 11.3 Å². The summed E-state index contributed by atoms with van der Waals surface area (Å²) in [6.07, 6.45) is 0.933. The fourth-order valence-corrected chi connectivity index (χ4v) is 8.91. The lowest BCUT2D eigenvalue weighted by Gasteiger charge is -2.19. The van der Waals surface area contributed by atoms with Crippen LogP contribution in [0.1, 0.15) is 97.4 Å². The second-order valence-electron chi connectivity index (χ2n) is 16.9. The van der Waals surface area contributed by atoms with Crippen LogP contribution in [0.2, 0.25) is 5.82 Å². The first-order chi connectivity index (χ1) is 30.7. The van der Waals surface area contributed by atoms with E-state index in [1.54, 1.807) is 48.5 Å². The minimum absolute atomic E-state index is 0.0501. The maximum atomic E-state index is 14.4. The second kappa shape index (κ2) is 20.0. The predicted molar refractivity (Wildman–Crippen MR) is 257 cm³/mol. The Bertz CT molecular complexity index is 3160. The Morgan fingerprint density at radius 2 is 0.862 bits per heavy atom. The Balaban J connectivity index is 1.48. The number of hydrogen-bond acceptors (Lipinski definition) is 16. The zero-order valence-corrected chi connectivity index (χ0v) is 38.9. The zero-order valence-electron chi connectivity index (χ0n) is 37.3. The maximum absolute atomic E-state index is 14.4. The van der Waals surface area contributed by atoms with Crippen molar-refractivity contribution in [3.05, 3.63) is 115 Å². The summed E-state index contributed by atoms with van der Waals surface area (Å²) in [7, 11) is 6.95. The molecule has 2 aromatic heterocycles. The average Bonchev–Trinajstić information content (AvgIpc) is 3.23. The molecule has 332 valence electrons. The molecule has 17 heteroatoms. The second-order valence-corrected chi connectivity index (χ2v) is 19.0. The van der Waals surface area contributed by atoms with Gasteiger partial charge in [-0.25, -0.2) is 19.2 Å². The van der Waals surface area contributed by atoms with Crippen molar-refractivity contribution in [3.63, 3.8) is 0 Å². The normalized spacial score (nSPS) is 13.4. The fourth-order valence-electron chi connectivity index (χ4n) is 6.85. The van der Waals surface area contributed by atoms with Crippen molar-refractivity contribution in [1.82, 2.24) is 0 Å². The Hall–Kier alpha value is -6.72. The lowest BCUT2D eigenvalue weighted by Crippen LogP contribution is -2.23. The first-order valence-electron chi connectivity index (χ1n) is 20.5. The molecule has 0 aliphatic heterocycles. The molecule has 1 atom stereocenters. The summed E-state index contributed by atoms with van der Waals surface area (Å²) in [5.74, 6) is -3.87. The molecule has 4 aromatic carbocycles. The van der Waals surface area contributed by atoms with Gasteiger partial charge in [0, 0.05) is 96.1 Å². The summed E-state index contributed by atoms with van der Waals surface area (Å²) >= 11 is 2.75.